The standard InChI is InChI=1S/C21H27N3O3/c1-3-22-9-11-26-15-6-8-19-18(13-15)21(25)17-7-5-16(14-20(17)24-19)27-12-10-23-4-2/h5-8,13-14,22-23H,3-4,9-12H2,1-2H3,(H,24,25). The highest BCUT2D eigenvalue weighted by atomic mass is 16.5. The molecular weight excluding hydrogens is 342 g/mol. The maximum Gasteiger partial charge on any atom is 0.197 e. The number of aromatic amines is 1. The Kier molecular flexibility index (Phi) is 6.68. The highest BCUT2D eigenvalue weighted by molar-refractivity contribution is 5.93. The maximum absolute atomic E-state index is 12.9. The molecule has 1 heterocycles. The van der Waals surface area contributed by atoms with E-state index >= 15 is 0 Å². The number of likely N-dealkylation sites (N-methyl/N-ethyl adjacent to an activating group) is 2. The highest BCUT2D eigenvalue weighted by Gasteiger charge is 2.08. The average molecular weight is 369 g/mol. The molecule has 0 spiro atoms. The van der Waals surface area contributed by atoms with Crippen LogP contribution in [-0.4, -0.2) is 44.4 Å². The molecule has 27 heavy (non-hydrogen) atoms. The van der Waals surface area contributed by atoms with Gasteiger partial charge in [0.1, 0.15) is 24.7 Å². The van der Waals surface area contributed by atoms with Crippen LogP contribution < -0.4 is 25.5 Å². The van der Waals surface area contributed by atoms with Crippen molar-refractivity contribution in [2.24, 2.45) is 0 Å². The number of nitrogens with one attached hydrogen (secondary N) is 3. The lowest BCUT2D eigenvalue weighted by molar-refractivity contribution is 0.315. The molecule has 0 unspecified atom stereocenters. The molecule has 0 amide bonds. The maximum atomic E-state index is 12.9. The van der Waals surface area contributed by atoms with Crippen molar-refractivity contribution in [1.29, 1.82) is 0 Å². The lowest BCUT2D eigenvalue weighted by Gasteiger charge is -2.10. The first-order valence-corrected chi connectivity index (χ1v) is 9.49. The van der Waals surface area contributed by atoms with Crippen molar-refractivity contribution in [3.8, 4) is 11.5 Å². The molecule has 0 radical (unpaired) electrons. The molecule has 0 atom stereocenters. The SMILES string of the molecule is CCNCCOc1ccc2c(=O)c3cc(OCCNCC)ccc3[nH]c2c1. The second kappa shape index (κ2) is 9.39. The van der Waals surface area contributed by atoms with Gasteiger partial charge in [0.2, 0.25) is 0 Å². The molecule has 0 aliphatic heterocycles. The lowest BCUT2D eigenvalue weighted by atomic mass is 10.1. The van der Waals surface area contributed by atoms with Crippen LogP contribution in [0.5, 0.6) is 11.5 Å². The molecule has 0 aliphatic carbocycles. The first-order valence-electron chi connectivity index (χ1n) is 9.49. The molecule has 2 aromatic carbocycles. The van der Waals surface area contributed by atoms with Crippen LogP contribution in [0.1, 0.15) is 13.8 Å². The van der Waals surface area contributed by atoms with Crippen LogP contribution in [0.4, 0.5) is 0 Å². The quantitative estimate of drug-likeness (QED) is 0.378. The summed E-state index contributed by atoms with van der Waals surface area (Å²) in [6.45, 7) is 8.67. The van der Waals surface area contributed by atoms with Gasteiger partial charge in [0.05, 0.1) is 11.0 Å². The van der Waals surface area contributed by atoms with Gasteiger partial charge in [-0.25, -0.2) is 0 Å². The van der Waals surface area contributed by atoms with E-state index in [0.29, 0.717) is 29.7 Å². The second-order valence-corrected chi connectivity index (χ2v) is 6.27. The number of pyridine rings is 1. The van der Waals surface area contributed by atoms with Gasteiger partial charge < -0.3 is 25.1 Å². The number of rotatable bonds is 10. The van der Waals surface area contributed by atoms with Gasteiger partial charge >= 0.3 is 0 Å². The van der Waals surface area contributed by atoms with Gasteiger partial charge in [-0.1, -0.05) is 13.8 Å². The normalized spacial score (nSPS) is 11.2. The number of hydrogen-bond acceptors (Lipinski definition) is 5. The van der Waals surface area contributed by atoms with E-state index in [-0.39, 0.29) is 5.43 Å². The molecular formula is C21H27N3O3. The Labute approximate surface area is 158 Å². The van der Waals surface area contributed by atoms with E-state index in [4.69, 9.17) is 9.47 Å². The fourth-order valence-electron chi connectivity index (χ4n) is 2.95. The van der Waals surface area contributed by atoms with Gasteiger partial charge in [-0.05, 0) is 43.4 Å². The fourth-order valence-corrected chi connectivity index (χ4v) is 2.95. The minimum atomic E-state index is -0.00455. The first-order chi connectivity index (χ1) is 13.2. The number of benzene rings is 2. The van der Waals surface area contributed by atoms with Crippen molar-refractivity contribution >= 4 is 21.8 Å². The van der Waals surface area contributed by atoms with Crippen LogP contribution in [-0.2, 0) is 0 Å². The zero-order chi connectivity index (χ0) is 19.1. The molecule has 6 nitrogen and oxygen atoms in total. The van der Waals surface area contributed by atoms with Gasteiger partial charge in [-0.2, -0.15) is 0 Å². The average Bonchev–Trinajstić information content (AvgIpc) is 2.69. The lowest BCUT2D eigenvalue weighted by Crippen LogP contribution is -2.20. The highest BCUT2D eigenvalue weighted by Crippen LogP contribution is 2.22. The fraction of sp³-hybridized carbons (Fsp3) is 0.381. The van der Waals surface area contributed by atoms with Gasteiger partial charge in [0.15, 0.2) is 5.43 Å². The molecule has 144 valence electrons. The molecule has 0 saturated heterocycles. The number of aromatic nitrogens is 1. The summed E-state index contributed by atoms with van der Waals surface area (Å²) >= 11 is 0. The number of fused-ring (bicyclic) bond motifs is 2. The minimum absolute atomic E-state index is 0.00455. The van der Waals surface area contributed by atoms with Crippen molar-refractivity contribution in [3.63, 3.8) is 0 Å². The van der Waals surface area contributed by atoms with Crippen molar-refractivity contribution < 1.29 is 9.47 Å². The Hall–Kier alpha value is -2.57. The van der Waals surface area contributed by atoms with Crippen LogP contribution in [0.2, 0.25) is 0 Å². The number of H-pyrrole nitrogens is 1. The summed E-state index contributed by atoms with van der Waals surface area (Å²) in [5.74, 6) is 1.45. The molecule has 0 aliphatic rings. The summed E-state index contributed by atoms with van der Waals surface area (Å²) in [6.07, 6.45) is 0. The second-order valence-electron chi connectivity index (χ2n) is 6.27. The summed E-state index contributed by atoms with van der Waals surface area (Å²) in [6, 6.07) is 11.1. The van der Waals surface area contributed by atoms with Crippen LogP contribution in [0.15, 0.2) is 41.2 Å². The third-order valence-electron chi connectivity index (χ3n) is 4.34. The molecule has 1 aromatic heterocycles. The Balaban J connectivity index is 1.83. The molecule has 0 bridgehead atoms. The zero-order valence-electron chi connectivity index (χ0n) is 15.9. The van der Waals surface area contributed by atoms with E-state index in [1.807, 2.05) is 30.3 Å². The molecule has 6 heteroatoms. The summed E-state index contributed by atoms with van der Waals surface area (Å²) in [5.41, 5.74) is 1.56. The summed E-state index contributed by atoms with van der Waals surface area (Å²) < 4.78 is 11.5. The summed E-state index contributed by atoms with van der Waals surface area (Å²) in [5, 5.41) is 7.70. The van der Waals surface area contributed by atoms with Crippen molar-refractivity contribution in [1.82, 2.24) is 15.6 Å². The van der Waals surface area contributed by atoms with E-state index in [1.165, 1.54) is 0 Å². The van der Waals surface area contributed by atoms with Crippen molar-refractivity contribution in [2.75, 3.05) is 39.4 Å². The molecule has 0 fully saturated rings. The van der Waals surface area contributed by atoms with E-state index in [0.717, 1.165) is 43.0 Å². The predicted molar refractivity (Wildman–Crippen MR) is 110 cm³/mol. The molecule has 3 rings (SSSR count). The summed E-state index contributed by atoms with van der Waals surface area (Å²) in [4.78, 5) is 16.2. The van der Waals surface area contributed by atoms with Crippen LogP contribution in [0, 0.1) is 0 Å². The predicted octanol–water partition coefficient (Wildman–Crippen LogP) is 2.66. The van der Waals surface area contributed by atoms with E-state index in [2.05, 4.69) is 29.5 Å². The molecule has 3 N–H and O–H groups in total. The molecule has 3 aromatic rings. The van der Waals surface area contributed by atoms with Crippen LogP contribution in [0.3, 0.4) is 0 Å². The van der Waals surface area contributed by atoms with E-state index in [1.54, 1.807) is 6.07 Å². The van der Waals surface area contributed by atoms with Crippen LogP contribution >= 0.6 is 0 Å². The third-order valence-corrected chi connectivity index (χ3v) is 4.34. The minimum Gasteiger partial charge on any atom is -0.492 e. The van der Waals surface area contributed by atoms with Gasteiger partial charge in [-0.3, -0.25) is 4.79 Å². The van der Waals surface area contributed by atoms with Crippen molar-refractivity contribution in [3.05, 3.63) is 46.6 Å². The van der Waals surface area contributed by atoms with Crippen LogP contribution in [0.25, 0.3) is 21.8 Å². The van der Waals surface area contributed by atoms with E-state index < -0.39 is 0 Å². The molecule has 0 saturated carbocycles. The number of ether oxygens (including phenoxy) is 2. The zero-order valence-corrected chi connectivity index (χ0v) is 15.9. The van der Waals surface area contributed by atoms with Gasteiger partial charge in [0.25, 0.3) is 0 Å². The number of hydrogen-bond donors (Lipinski definition) is 3. The van der Waals surface area contributed by atoms with E-state index in [9.17, 15) is 4.79 Å². The smallest absolute Gasteiger partial charge is 0.197 e. The Morgan fingerprint density at radius 3 is 2.11 bits per heavy atom. The first kappa shape index (κ1) is 19.2. The Morgan fingerprint density at radius 2 is 1.44 bits per heavy atom. The van der Waals surface area contributed by atoms with Gasteiger partial charge in [0, 0.05) is 29.9 Å². The van der Waals surface area contributed by atoms with Crippen molar-refractivity contribution in [2.45, 2.75) is 13.8 Å². The monoisotopic (exact) mass is 369 g/mol. The largest absolute Gasteiger partial charge is 0.492 e. The third kappa shape index (κ3) is 4.78. The topological polar surface area (TPSA) is 75.4 Å². The Bertz CT molecular complexity index is 952. The Morgan fingerprint density at radius 1 is 0.815 bits per heavy atom. The summed E-state index contributed by atoms with van der Waals surface area (Å²) in [7, 11) is 0. The van der Waals surface area contributed by atoms with Gasteiger partial charge in [-0.15, -0.1) is 0 Å².